The molecule has 0 amide bonds. The molecule has 6 heteroatoms. The van der Waals surface area contributed by atoms with Gasteiger partial charge in [0.15, 0.2) is 5.16 Å². The lowest BCUT2D eigenvalue weighted by molar-refractivity contribution is 0.185. The Balaban J connectivity index is 1.99. The zero-order chi connectivity index (χ0) is 18.5. The highest BCUT2D eigenvalue weighted by Crippen LogP contribution is 2.28. The van der Waals surface area contributed by atoms with Gasteiger partial charge in [-0.2, -0.15) is 5.26 Å². The van der Waals surface area contributed by atoms with Crippen molar-refractivity contribution in [2.45, 2.75) is 49.8 Å². The second-order valence-corrected chi connectivity index (χ2v) is 7.57. The Morgan fingerprint density at radius 2 is 2.04 bits per heavy atom. The van der Waals surface area contributed by atoms with Crippen LogP contribution in [0.5, 0.6) is 0 Å². The van der Waals surface area contributed by atoms with Gasteiger partial charge < -0.3 is 4.98 Å². The van der Waals surface area contributed by atoms with Crippen molar-refractivity contribution < 1.29 is 0 Å². The first-order valence-electron chi connectivity index (χ1n) is 9.01. The minimum Gasteiger partial charge on any atom is -0.300 e. The molecule has 0 radical (unpaired) electrons. The summed E-state index contributed by atoms with van der Waals surface area (Å²) in [6, 6.07) is 10.6. The monoisotopic (exact) mass is 368 g/mol. The third-order valence-electron chi connectivity index (χ3n) is 5.09. The number of H-pyrrole nitrogens is 1. The molecule has 136 valence electrons. The SMILES string of the molecule is CSc1nc(-c2ccccc2CN(C)C2CCCCC2)c(C#N)c(=O)[nH]1. The molecule has 1 saturated carbocycles. The Bertz CT molecular complexity index is 865. The van der Waals surface area contributed by atoms with Gasteiger partial charge in [-0.05, 0) is 31.7 Å². The van der Waals surface area contributed by atoms with E-state index in [9.17, 15) is 10.1 Å². The van der Waals surface area contributed by atoms with Gasteiger partial charge in [-0.15, -0.1) is 0 Å². The van der Waals surface area contributed by atoms with E-state index in [-0.39, 0.29) is 11.1 Å². The molecule has 0 bridgehead atoms. The van der Waals surface area contributed by atoms with Crippen LogP contribution in [-0.4, -0.2) is 34.2 Å². The van der Waals surface area contributed by atoms with Crippen LogP contribution in [-0.2, 0) is 6.54 Å². The fourth-order valence-electron chi connectivity index (χ4n) is 3.66. The van der Waals surface area contributed by atoms with Gasteiger partial charge in [0.25, 0.3) is 5.56 Å². The van der Waals surface area contributed by atoms with Crippen molar-refractivity contribution in [3.05, 3.63) is 45.7 Å². The van der Waals surface area contributed by atoms with E-state index in [4.69, 9.17) is 0 Å². The fraction of sp³-hybridized carbons (Fsp3) is 0.450. The lowest BCUT2D eigenvalue weighted by atomic mass is 9.93. The minimum atomic E-state index is -0.378. The molecule has 3 rings (SSSR count). The summed E-state index contributed by atoms with van der Waals surface area (Å²) in [5.74, 6) is 0. The molecule has 1 heterocycles. The smallest absolute Gasteiger partial charge is 0.270 e. The molecule has 0 atom stereocenters. The highest BCUT2D eigenvalue weighted by atomic mass is 32.2. The molecule has 26 heavy (non-hydrogen) atoms. The highest BCUT2D eigenvalue weighted by molar-refractivity contribution is 7.98. The van der Waals surface area contributed by atoms with Crippen LogP contribution in [0.3, 0.4) is 0 Å². The Kier molecular flexibility index (Phi) is 6.12. The van der Waals surface area contributed by atoms with Gasteiger partial charge in [-0.25, -0.2) is 4.98 Å². The number of nitrogens with one attached hydrogen (secondary N) is 1. The minimum absolute atomic E-state index is 0.0792. The third-order valence-corrected chi connectivity index (χ3v) is 5.67. The van der Waals surface area contributed by atoms with Crippen molar-refractivity contribution in [2.24, 2.45) is 0 Å². The summed E-state index contributed by atoms with van der Waals surface area (Å²) in [5.41, 5.74) is 2.15. The number of hydrogen-bond acceptors (Lipinski definition) is 5. The van der Waals surface area contributed by atoms with Crippen LogP contribution in [0.4, 0.5) is 0 Å². The molecule has 0 saturated heterocycles. The summed E-state index contributed by atoms with van der Waals surface area (Å²) in [7, 11) is 2.16. The number of nitrogens with zero attached hydrogens (tertiary/aromatic N) is 3. The number of aromatic amines is 1. The number of thioether (sulfide) groups is 1. The number of rotatable bonds is 5. The molecule has 5 nitrogen and oxygen atoms in total. The van der Waals surface area contributed by atoms with Crippen LogP contribution < -0.4 is 5.56 Å². The van der Waals surface area contributed by atoms with Crippen molar-refractivity contribution in [3.63, 3.8) is 0 Å². The fourth-order valence-corrected chi connectivity index (χ4v) is 4.03. The van der Waals surface area contributed by atoms with Gasteiger partial charge in [0.1, 0.15) is 11.6 Å². The predicted molar refractivity (Wildman–Crippen MR) is 105 cm³/mol. The van der Waals surface area contributed by atoms with Gasteiger partial charge in [0.05, 0.1) is 5.69 Å². The van der Waals surface area contributed by atoms with Crippen LogP contribution in [0.25, 0.3) is 11.3 Å². The van der Waals surface area contributed by atoms with E-state index in [2.05, 4.69) is 28.0 Å². The highest BCUT2D eigenvalue weighted by Gasteiger charge is 2.21. The number of hydrogen-bond donors (Lipinski definition) is 1. The first kappa shape index (κ1) is 18.7. The van der Waals surface area contributed by atoms with E-state index in [0.717, 1.165) is 17.7 Å². The summed E-state index contributed by atoms with van der Waals surface area (Å²) >= 11 is 1.37. The van der Waals surface area contributed by atoms with Crippen molar-refractivity contribution in [3.8, 4) is 17.3 Å². The lowest BCUT2D eigenvalue weighted by Gasteiger charge is -2.31. The first-order valence-corrected chi connectivity index (χ1v) is 10.2. The van der Waals surface area contributed by atoms with Crippen molar-refractivity contribution >= 4 is 11.8 Å². The molecule has 1 aliphatic carbocycles. The average Bonchev–Trinajstić information content (AvgIpc) is 2.68. The summed E-state index contributed by atoms with van der Waals surface area (Å²) in [5, 5.41) is 10.0. The van der Waals surface area contributed by atoms with E-state index in [0.29, 0.717) is 16.9 Å². The van der Waals surface area contributed by atoms with Crippen LogP contribution in [0, 0.1) is 11.3 Å². The van der Waals surface area contributed by atoms with Gasteiger partial charge in [-0.1, -0.05) is 55.3 Å². The largest absolute Gasteiger partial charge is 0.300 e. The number of benzene rings is 1. The van der Waals surface area contributed by atoms with Crippen LogP contribution in [0.1, 0.15) is 43.2 Å². The van der Waals surface area contributed by atoms with Crippen LogP contribution in [0.15, 0.2) is 34.2 Å². The molecule has 1 N–H and O–H groups in total. The molecule has 1 aromatic heterocycles. The Hall–Kier alpha value is -2.10. The standard InChI is InChI=1S/C20H24N4OS/c1-24(15-9-4-3-5-10-15)13-14-8-6-7-11-16(14)18-17(12-21)19(25)23-20(22-18)26-2/h6-8,11,15H,3-5,9-10,13H2,1-2H3,(H,22,23,25). The van der Waals surface area contributed by atoms with E-state index in [1.807, 2.05) is 30.5 Å². The average molecular weight is 369 g/mol. The molecule has 0 spiro atoms. The van der Waals surface area contributed by atoms with Gasteiger partial charge >= 0.3 is 0 Å². The van der Waals surface area contributed by atoms with Crippen molar-refractivity contribution in [2.75, 3.05) is 13.3 Å². The molecular weight excluding hydrogens is 344 g/mol. The number of nitriles is 1. The van der Waals surface area contributed by atoms with Crippen molar-refractivity contribution in [1.29, 1.82) is 5.26 Å². The Labute approximate surface area is 158 Å². The topological polar surface area (TPSA) is 72.8 Å². The summed E-state index contributed by atoms with van der Waals surface area (Å²) in [6.45, 7) is 0.786. The van der Waals surface area contributed by atoms with Crippen LogP contribution >= 0.6 is 11.8 Å². The van der Waals surface area contributed by atoms with Crippen LogP contribution in [0.2, 0.25) is 0 Å². The zero-order valence-electron chi connectivity index (χ0n) is 15.3. The Morgan fingerprint density at radius 1 is 1.31 bits per heavy atom. The molecule has 1 aromatic carbocycles. The maximum absolute atomic E-state index is 12.3. The summed E-state index contributed by atoms with van der Waals surface area (Å²) in [4.78, 5) is 21.9. The molecule has 1 aliphatic rings. The first-order chi connectivity index (χ1) is 12.6. The predicted octanol–water partition coefficient (Wildman–Crippen LogP) is 3.79. The number of aromatic nitrogens is 2. The van der Waals surface area contributed by atoms with Gasteiger partial charge in [0, 0.05) is 18.2 Å². The maximum Gasteiger partial charge on any atom is 0.270 e. The van der Waals surface area contributed by atoms with E-state index in [1.165, 1.54) is 43.9 Å². The Morgan fingerprint density at radius 3 is 2.73 bits per heavy atom. The molecule has 0 unspecified atom stereocenters. The third kappa shape index (κ3) is 4.00. The molecule has 0 aliphatic heterocycles. The lowest BCUT2D eigenvalue weighted by Crippen LogP contribution is -2.33. The quantitative estimate of drug-likeness (QED) is 0.642. The van der Waals surface area contributed by atoms with E-state index >= 15 is 0 Å². The molecule has 1 fully saturated rings. The summed E-state index contributed by atoms with van der Waals surface area (Å²) < 4.78 is 0. The summed E-state index contributed by atoms with van der Waals surface area (Å²) in [6.07, 6.45) is 8.26. The molecular formula is C20H24N4OS. The molecule has 2 aromatic rings. The second-order valence-electron chi connectivity index (χ2n) is 6.77. The van der Waals surface area contributed by atoms with E-state index in [1.54, 1.807) is 0 Å². The second kappa shape index (κ2) is 8.52. The van der Waals surface area contributed by atoms with Crippen molar-refractivity contribution in [1.82, 2.24) is 14.9 Å². The maximum atomic E-state index is 12.3. The van der Waals surface area contributed by atoms with Gasteiger partial charge in [-0.3, -0.25) is 9.69 Å². The van der Waals surface area contributed by atoms with E-state index < -0.39 is 0 Å². The zero-order valence-corrected chi connectivity index (χ0v) is 16.1. The normalized spacial score (nSPS) is 15.2. The van der Waals surface area contributed by atoms with Gasteiger partial charge in [0.2, 0.25) is 0 Å².